The molecule has 2 aromatic heterocycles. The summed E-state index contributed by atoms with van der Waals surface area (Å²) < 4.78 is 16.0. The third-order valence-electron chi connectivity index (χ3n) is 5.31. The number of pyridine rings is 1. The number of nitrogens with zero attached hydrogens (tertiary/aromatic N) is 4. The molecule has 1 aliphatic heterocycles. The predicted molar refractivity (Wildman–Crippen MR) is 109 cm³/mol. The van der Waals surface area contributed by atoms with Gasteiger partial charge in [0.05, 0.1) is 20.3 Å². The van der Waals surface area contributed by atoms with E-state index in [1.807, 2.05) is 35.2 Å². The van der Waals surface area contributed by atoms with Gasteiger partial charge in [-0.05, 0) is 42.7 Å². The zero-order valence-corrected chi connectivity index (χ0v) is 17.1. The van der Waals surface area contributed by atoms with Gasteiger partial charge in [0.1, 0.15) is 0 Å². The number of hydrogen-bond donors (Lipinski definition) is 0. The lowest BCUT2D eigenvalue weighted by Gasteiger charge is -2.25. The maximum absolute atomic E-state index is 12.9. The van der Waals surface area contributed by atoms with Gasteiger partial charge >= 0.3 is 0 Å². The molecule has 0 aliphatic carbocycles. The number of hydrogen-bond acceptors (Lipinski definition) is 7. The number of benzene rings is 1. The van der Waals surface area contributed by atoms with E-state index < -0.39 is 0 Å². The summed E-state index contributed by atoms with van der Waals surface area (Å²) >= 11 is 0. The molecule has 0 radical (unpaired) electrons. The predicted octanol–water partition coefficient (Wildman–Crippen LogP) is 3.45. The third-order valence-corrected chi connectivity index (χ3v) is 5.31. The van der Waals surface area contributed by atoms with Crippen molar-refractivity contribution in [3.8, 4) is 22.9 Å². The lowest BCUT2D eigenvalue weighted by Crippen LogP contribution is -2.30. The van der Waals surface area contributed by atoms with Crippen molar-refractivity contribution < 1.29 is 18.8 Å². The lowest BCUT2D eigenvalue weighted by atomic mass is 10.0. The van der Waals surface area contributed by atoms with E-state index >= 15 is 0 Å². The van der Waals surface area contributed by atoms with Gasteiger partial charge in [0.15, 0.2) is 11.5 Å². The zero-order chi connectivity index (χ0) is 20.9. The molecular formula is C22H24N4O4. The first kappa shape index (κ1) is 19.9. The van der Waals surface area contributed by atoms with E-state index in [4.69, 9.17) is 14.0 Å². The number of aryl methyl sites for hydroxylation is 1. The van der Waals surface area contributed by atoms with Crippen LogP contribution in [0.15, 0.2) is 47.2 Å². The first-order chi connectivity index (χ1) is 14.7. The molecule has 1 aromatic carbocycles. The number of rotatable bonds is 7. The van der Waals surface area contributed by atoms with Crippen LogP contribution in [0, 0.1) is 0 Å². The van der Waals surface area contributed by atoms with Crippen LogP contribution in [0.25, 0.3) is 11.4 Å². The van der Waals surface area contributed by atoms with Gasteiger partial charge in [-0.15, -0.1) is 0 Å². The van der Waals surface area contributed by atoms with Gasteiger partial charge in [0.2, 0.25) is 17.6 Å². The maximum Gasteiger partial charge on any atom is 0.227 e. The van der Waals surface area contributed by atoms with Crippen LogP contribution >= 0.6 is 0 Å². The zero-order valence-electron chi connectivity index (χ0n) is 17.1. The van der Waals surface area contributed by atoms with Crippen molar-refractivity contribution in [3.05, 3.63) is 54.2 Å². The average molecular weight is 408 g/mol. The summed E-state index contributed by atoms with van der Waals surface area (Å²) in [5.74, 6) is 2.36. The largest absolute Gasteiger partial charge is 0.493 e. The molecule has 156 valence electrons. The molecule has 8 heteroatoms. The van der Waals surface area contributed by atoms with Crippen LogP contribution in [0.2, 0.25) is 0 Å². The van der Waals surface area contributed by atoms with Crippen LogP contribution in [0.5, 0.6) is 11.5 Å². The minimum absolute atomic E-state index is 0.0333. The van der Waals surface area contributed by atoms with Crippen molar-refractivity contribution >= 4 is 5.91 Å². The molecule has 3 heterocycles. The second-order valence-corrected chi connectivity index (χ2v) is 7.11. The van der Waals surface area contributed by atoms with Crippen LogP contribution < -0.4 is 9.47 Å². The van der Waals surface area contributed by atoms with Gasteiger partial charge in [-0.1, -0.05) is 11.2 Å². The Labute approximate surface area is 174 Å². The Morgan fingerprint density at radius 2 is 2.10 bits per heavy atom. The molecule has 0 unspecified atom stereocenters. The number of amides is 1. The monoisotopic (exact) mass is 408 g/mol. The van der Waals surface area contributed by atoms with Gasteiger partial charge in [-0.25, -0.2) is 0 Å². The van der Waals surface area contributed by atoms with E-state index in [9.17, 15) is 4.79 Å². The van der Waals surface area contributed by atoms with Crippen LogP contribution in [0.3, 0.4) is 0 Å². The average Bonchev–Trinajstić information content (AvgIpc) is 3.47. The highest BCUT2D eigenvalue weighted by Crippen LogP contribution is 2.37. The molecule has 0 spiro atoms. The first-order valence-electron chi connectivity index (χ1n) is 9.94. The van der Waals surface area contributed by atoms with E-state index in [0.717, 1.165) is 30.5 Å². The highest BCUT2D eigenvalue weighted by molar-refractivity contribution is 5.77. The van der Waals surface area contributed by atoms with Crippen molar-refractivity contribution in [2.24, 2.45) is 0 Å². The Morgan fingerprint density at radius 1 is 1.23 bits per heavy atom. The Hall–Kier alpha value is -3.42. The smallest absolute Gasteiger partial charge is 0.227 e. The summed E-state index contributed by atoms with van der Waals surface area (Å²) in [6.07, 6.45) is 5.98. The highest BCUT2D eigenvalue weighted by atomic mass is 16.5. The minimum Gasteiger partial charge on any atom is -0.493 e. The SMILES string of the molecule is COc1ccc([C@H]2CCCN2C(=O)CCc2nc(-c3cccnc3)no2)cc1OC. The summed E-state index contributed by atoms with van der Waals surface area (Å²) in [7, 11) is 3.23. The molecule has 8 nitrogen and oxygen atoms in total. The Kier molecular flexibility index (Phi) is 5.92. The van der Waals surface area contributed by atoms with E-state index in [2.05, 4.69) is 15.1 Å². The minimum atomic E-state index is 0.0333. The molecule has 1 fully saturated rings. The quantitative estimate of drug-likeness (QED) is 0.591. The Bertz CT molecular complexity index is 1010. The number of carbonyl (C=O) groups is 1. The number of aromatic nitrogens is 3. The molecule has 1 saturated heterocycles. The molecule has 0 N–H and O–H groups in total. The summed E-state index contributed by atoms with van der Waals surface area (Å²) in [6.45, 7) is 0.739. The number of carbonyl (C=O) groups excluding carboxylic acids is 1. The van der Waals surface area contributed by atoms with Crippen molar-refractivity contribution in [1.82, 2.24) is 20.0 Å². The highest BCUT2D eigenvalue weighted by Gasteiger charge is 2.30. The van der Waals surface area contributed by atoms with Crippen molar-refractivity contribution in [1.29, 1.82) is 0 Å². The first-order valence-corrected chi connectivity index (χ1v) is 9.94. The fraction of sp³-hybridized carbons (Fsp3) is 0.364. The van der Waals surface area contributed by atoms with E-state index in [-0.39, 0.29) is 11.9 Å². The van der Waals surface area contributed by atoms with Crippen LogP contribution in [0.4, 0.5) is 0 Å². The van der Waals surface area contributed by atoms with Crippen LogP contribution in [-0.2, 0) is 11.2 Å². The number of likely N-dealkylation sites (tertiary alicyclic amines) is 1. The number of ether oxygens (including phenoxy) is 2. The van der Waals surface area contributed by atoms with Crippen LogP contribution in [0.1, 0.15) is 36.8 Å². The van der Waals surface area contributed by atoms with Gasteiger partial charge in [-0.2, -0.15) is 4.98 Å². The fourth-order valence-electron chi connectivity index (χ4n) is 3.80. The normalized spacial score (nSPS) is 15.9. The van der Waals surface area contributed by atoms with E-state index in [0.29, 0.717) is 36.1 Å². The van der Waals surface area contributed by atoms with Crippen molar-refractivity contribution in [3.63, 3.8) is 0 Å². The molecule has 1 aliphatic rings. The van der Waals surface area contributed by atoms with Gasteiger partial charge in [-0.3, -0.25) is 9.78 Å². The van der Waals surface area contributed by atoms with Crippen molar-refractivity contribution in [2.75, 3.05) is 20.8 Å². The Morgan fingerprint density at radius 3 is 2.87 bits per heavy atom. The lowest BCUT2D eigenvalue weighted by molar-refractivity contribution is -0.132. The van der Waals surface area contributed by atoms with E-state index in [1.165, 1.54) is 0 Å². The second-order valence-electron chi connectivity index (χ2n) is 7.11. The summed E-state index contributed by atoms with van der Waals surface area (Å²) in [5.41, 5.74) is 1.84. The summed E-state index contributed by atoms with van der Waals surface area (Å²) in [6, 6.07) is 9.55. The molecule has 4 rings (SSSR count). The Balaban J connectivity index is 1.41. The molecule has 1 atom stereocenters. The molecule has 0 saturated carbocycles. The molecule has 3 aromatic rings. The van der Waals surface area contributed by atoms with Gasteiger partial charge in [0.25, 0.3) is 0 Å². The van der Waals surface area contributed by atoms with Crippen LogP contribution in [-0.4, -0.2) is 46.7 Å². The van der Waals surface area contributed by atoms with Gasteiger partial charge < -0.3 is 18.9 Å². The summed E-state index contributed by atoms with van der Waals surface area (Å²) in [5, 5.41) is 3.98. The fourth-order valence-corrected chi connectivity index (χ4v) is 3.80. The topological polar surface area (TPSA) is 90.6 Å². The summed E-state index contributed by atoms with van der Waals surface area (Å²) in [4.78, 5) is 23.3. The number of methoxy groups -OCH3 is 2. The standard InChI is InChI=1S/C22H24N4O4/c1-28-18-8-7-15(13-19(18)29-2)17-6-4-12-26(17)21(27)10-9-20-24-22(25-30-20)16-5-3-11-23-14-16/h3,5,7-8,11,13-14,17H,4,6,9-10,12H2,1-2H3/t17-/m1/s1. The molecular weight excluding hydrogens is 384 g/mol. The molecule has 1 amide bonds. The second kappa shape index (κ2) is 8.94. The van der Waals surface area contributed by atoms with Crippen molar-refractivity contribution in [2.45, 2.75) is 31.7 Å². The maximum atomic E-state index is 12.9. The third kappa shape index (κ3) is 4.12. The molecule has 30 heavy (non-hydrogen) atoms. The van der Waals surface area contributed by atoms with Gasteiger partial charge in [0, 0.05) is 37.3 Å². The molecule has 0 bridgehead atoms. The van der Waals surface area contributed by atoms with E-state index in [1.54, 1.807) is 26.6 Å².